The Morgan fingerprint density at radius 1 is 1.22 bits per heavy atom. The number of aliphatic carboxylic acids is 1. The predicted molar refractivity (Wildman–Crippen MR) is 112 cm³/mol. The normalized spacial score (nSPS) is 34.1. The van der Waals surface area contributed by atoms with Gasteiger partial charge in [0.05, 0.1) is 0 Å². The molecular weight excluding hydrogens is 356 g/mol. The molecule has 6 atom stereocenters. The molecule has 0 saturated heterocycles. The van der Waals surface area contributed by atoms with E-state index in [1.165, 1.54) is 32.1 Å². The summed E-state index contributed by atoms with van der Waals surface area (Å²) in [5.74, 6) is 0.574. The third-order valence-electron chi connectivity index (χ3n) is 8.26. The van der Waals surface area contributed by atoms with E-state index in [-0.39, 0.29) is 5.04 Å². The van der Waals surface area contributed by atoms with Crippen molar-refractivity contribution in [2.75, 3.05) is 0 Å². The molecule has 0 amide bonds. The summed E-state index contributed by atoms with van der Waals surface area (Å²) in [5, 5.41) is 18.8. The molecule has 2 fully saturated rings. The first-order chi connectivity index (χ1) is 12.3. The van der Waals surface area contributed by atoms with Gasteiger partial charge in [0.1, 0.15) is 0 Å². The zero-order chi connectivity index (χ0) is 20.6. The van der Waals surface area contributed by atoms with Crippen LogP contribution in [0.5, 0.6) is 0 Å². The molecular formula is C22H42O4Si. The van der Waals surface area contributed by atoms with Gasteiger partial charge in [0.25, 0.3) is 0 Å². The molecule has 2 aliphatic rings. The van der Waals surface area contributed by atoms with Gasteiger partial charge in [-0.15, -0.1) is 0 Å². The monoisotopic (exact) mass is 398 g/mol. The number of aliphatic hydroxyl groups excluding tert-OH is 1. The van der Waals surface area contributed by atoms with E-state index in [1.807, 2.05) is 0 Å². The van der Waals surface area contributed by atoms with Crippen LogP contribution in [0.4, 0.5) is 0 Å². The van der Waals surface area contributed by atoms with Gasteiger partial charge in [-0.05, 0) is 79.8 Å². The zero-order valence-electron chi connectivity index (χ0n) is 18.5. The number of carboxylic acid groups (broad SMARTS) is 1. The quantitative estimate of drug-likeness (QED) is 0.559. The summed E-state index contributed by atoms with van der Waals surface area (Å²) in [5.41, 5.74) is 0.291. The lowest BCUT2D eigenvalue weighted by atomic mass is 9.61. The Labute approximate surface area is 167 Å². The average molecular weight is 399 g/mol. The van der Waals surface area contributed by atoms with Crippen LogP contribution < -0.4 is 0 Å². The lowest BCUT2D eigenvalue weighted by Crippen LogP contribution is -2.50. The number of rotatable bonds is 7. The summed E-state index contributed by atoms with van der Waals surface area (Å²) in [6.45, 7) is 16.4. The third-order valence-corrected chi connectivity index (χ3v) is 12.8. The number of carbonyl (C=O) groups is 1. The maximum atomic E-state index is 10.9. The van der Waals surface area contributed by atoms with Crippen LogP contribution in [-0.2, 0) is 9.22 Å². The summed E-state index contributed by atoms with van der Waals surface area (Å²) in [6, 6.07) is 0. The number of hydrogen-bond donors (Lipinski definition) is 2. The fraction of sp³-hybridized carbons (Fsp3) is 0.955. The van der Waals surface area contributed by atoms with Crippen molar-refractivity contribution >= 4 is 14.3 Å². The molecule has 0 aromatic carbocycles. The van der Waals surface area contributed by atoms with Crippen molar-refractivity contribution in [1.29, 1.82) is 0 Å². The Morgan fingerprint density at radius 2 is 1.85 bits per heavy atom. The summed E-state index contributed by atoms with van der Waals surface area (Å²) < 4.78 is 6.90. The maximum absolute atomic E-state index is 10.9. The number of fused-ring (bicyclic) bond motifs is 1. The molecule has 0 aliphatic heterocycles. The zero-order valence-corrected chi connectivity index (χ0v) is 19.5. The van der Waals surface area contributed by atoms with Crippen LogP contribution >= 0.6 is 0 Å². The summed E-state index contributed by atoms with van der Waals surface area (Å²) >= 11 is 0. The van der Waals surface area contributed by atoms with E-state index in [0.717, 1.165) is 6.42 Å². The van der Waals surface area contributed by atoms with Gasteiger partial charge in [-0.2, -0.15) is 0 Å². The van der Waals surface area contributed by atoms with Gasteiger partial charge in [-0.25, -0.2) is 4.79 Å². The number of hydrogen-bond acceptors (Lipinski definition) is 3. The van der Waals surface area contributed by atoms with Gasteiger partial charge in [0, 0.05) is 6.10 Å². The van der Waals surface area contributed by atoms with E-state index < -0.39 is 20.4 Å². The Morgan fingerprint density at radius 3 is 2.41 bits per heavy atom. The molecule has 2 aliphatic carbocycles. The Bertz CT molecular complexity index is 527. The first-order valence-electron chi connectivity index (χ1n) is 10.9. The van der Waals surface area contributed by atoms with Crippen LogP contribution in [0.15, 0.2) is 0 Å². The van der Waals surface area contributed by atoms with Crippen LogP contribution in [-0.4, -0.2) is 36.7 Å². The molecule has 0 unspecified atom stereocenters. The van der Waals surface area contributed by atoms with Gasteiger partial charge in [-0.1, -0.05) is 41.0 Å². The van der Waals surface area contributed by atoms with Gasteiger partial charge < -0.3 is 14.6 Å². The first kappa shape index (κ1) is 22.9. The van der Waals surface area contributed by atoms with Crippen molar-refractivity contribution < 1.29 is 19.4 Å². The highest BCUT2D eigenvalue weighted by Crippen LogP contribution is 2.59. The van der Waals surface area contributed by atoms with E-state index in [9.17, 15) is 9.90 Å². The Hall–Kier alpha value is -0.393. The number of carboxylic acids is 1. The molecule has 0 aromatic rings. The maximum Gasteiger partial charge on any atom is 0.332 e. The Kier molecular flexibility index (Phi) is 6.91. The highest BCUT2D eigenvalue weighted by molar-refractivity contribution is 6.74. The van der Waals surface area contributed by atoms with Crippen LogP contribution in [0.2, 0.25) is 18.1 Å². The predicted octanol–water partition coefficient (Wildman–Crippen LogP) is 5.46. The summed E-state index contributed by atoms with van der Waals surface area (Å²) in [7, 11) is -1.78. The Balaban J connectivity index is 2.07. The van der Waals surface area contributed by atoms with E-state index in [4.69, 9.17) is 9.53 Å². The summed E-state index contributed by atoms with van der Waals surface area (Å²) in [4.78, 5) is 10.9. The second-order valence-electron chi connectivity index (χ2n) is 11.0. The SMILES string of the molecule is C[C@H](CC[C@@H](O)C(=O)O)[C@H]1CC[C@H]2[C@@H](O[Si](C)(C)C(C)(C)C)CCC[C@]12C. The molecule has 4 nitrogen and oxygen atoms in total. The highest BCUT2D eigenvalue weighted by Gasteiger charge is 2.54. The third kappa shape index (κ3) is 4.79. The lowest BCUT2D eigenvalue weighted by Gasteiger charge is -2.50. The van der Waals surface area contributed by atoms with Crippen molar-refractivity contribution in [1.82, 2.24) is 0 Å². The minimum Gasteiger partial charge on any atom is -0.479 e. The molecule has 2 rings (SSSR count). The minimum absolute atomic E-state index is 0.235. The number of aliphatic hydroxyl groups is 1. The largest absolute Gasteiger partial charge is 0.479 e. The van der Waals surface area contributed by atoms with Crippen molar-refractivity contribution in [2.45, 2.75) is 110 Å². The second-order valence-corrected chi connectivity index (χ2v) is 15.8. The van der Waals surface area contributed by atoms with Crippen LogP contribution in [0.3, 0.4) is 0 Å². The smallest absolute Gasteiger partial charge is 0.332 e. The lowest BCUT2D eigenvalue weighted by molar-refractivity contribution is -0.147. The second kappa shape index (κ2) is 8.15. The van der Waals surface area contributed by atoms with E-state index in [0.29, 0.717) is 35.7 Å². The highest BCUT2D eigenvalue weighted by atomic mass is 28.4. The van der Waals surface area contributed by atoms with Crippen molar-refractivity contribution in [2.24, 2.45) is 23.2 Å². The van der Waals surface area contributed by atoms with E-state index in [1.54, 1.807) is 0 Å². The molecule has 0 radical (unpaired) electrons. The topological polar surface area (TPSA) is 66.8 Å². The van der Waals surface area contributed by atoms with Crippen molar-refractivity contribution in [3.8, 4) is 0 Å². The molecule has 2 saturated carbocycles. The fourth-order valence-electron chi connectivity index (χ4n) is 5.54. The van der Waals surface area contributed by atoms with Gasteiger partial charge >= 0.3 is 5.97 Å². The molecule has 158 valence electrons. The first-order valence-corrected chi connectivity index (χ1v) is 13.8. The van der Waals surface area contributed by atoms with Crippen LogP contribution in [0.25, 0.3) is 0 Å². The van der Waals surface area contributed by atoms with Crippen molar-refractivity contribution in [3.63, 3.8) is 0 Å². The van der Waals surface area contributed by atoms with Gasteiger partial charge in [-0.3, -0.25) is 0 Å². The minimum atomic E-state index is -1.78. The average Bonchev–Trinajstić information content (AvgIpc) is 2.89. The molecule has 27 heavy (non-hydrogen) atoms. The molecule has 0 heterocycles. The molecule has 5 heteroatoms. The summed E-state index contributed by atoms with van der Waals surface area (Å²) in [6.07, 6.45) is 6.41. The van der Waals surface area contributed by atoms with Gasteiger partial charge in [0.15, 0.2) is 14.4 Å². The van der Waals surface area contributed by atoms with Crippen LogP contribution in [0.1, 0.15) is 79.6 Å². The molecule has 0 bridgehead atoms. The fourth-order valence-corrected chi connectivity index (χ4v) is 6.93. The van der Waals surface area contributed by atoms with Crippen LogP contribution in [0, 0.1) is 23.2 Å². The molecule has 0 spiro atoms. The van der Waals surface area contributed by atoms with Crippen molar-refractivity contribution in [3.05, 3.63) is 0 Å². The van der Waals surface area contributed by atoms with E-state index in [2.05, 4.69) is 47.7 Å². The van der Waals surface area contributed by atoms with E-state index >= 15 is 0 Å². The molecule has 2 N–H and O–H groups in total. The van der Waals surface area contributed by atoms with Gasteiger partial charge in [0.2, 0.25) is 0 Å². The standard InChI is InChI=1S/C22H42O4Si/c1-15(10-13-18(23)20(24)25)16-11-12-17-19(9-8-14-22(16,17)5)26-27(6,7)21(2,3)4/h15-19,23H,8-14H2,1-7H3,(H,24,25)/t15-,16-,17+,18-,19+,22-/m1/s1. The molecule has 0 aromatic heterocycles.